The maximum atomic E-state index is 8.63. The normalized spacial score (nSPS) is 29.3. The van der Waals surface area contributed by atoms with Gasteiger partial charge < -0.3 is 21.0 Å². The van der Waals surface area contributed by atoms with E-state index in [0.29, 0.717) is 6.04 Å². The molecule has 0 amide bonds. The zero-order chi connectivity index (χ0) is 11.3. The molecule has 0 aromatic carbocycles. The summed E-state index contributed by atoms with van der Waals surface area (Å²) in [4.78, 5) is 0. The second kappa shape index (κ2) is 5.92. The largest absolute Gasteiger partial charge is 0.409 e. The van der Waals surface area contributed by atoms with E-state index in [1.807, 2.05) is 6.92 Å². The van der Waals surface area contributed by atoms with Crippen molar-refractivity contribution in [2.75, 3.05) is 7.11 Å². The van der Waals surface area contributed by atoms with Crippen molar-refractivity contribution in [2.45, 2.75) is 50.8 Å². The highest BCUT2D eigenvalue weighted by Gasteiger charge is 2.29. The Kier molecular flexibility index (Phi) is 4.84. The summed E-state index contributed by atoms with van der Waals surface area (Å²) in [5.74, 6) is 0.249. The first-order valence-corrected chi connectivity index (χ1v) is 5.49. The standard InChI is InChI=1S/C10H21N3O2/c1-3-7(10(11)13-14)12-8-5-4-6-9(8)15-2/h7-9,12,14H,3-6H2,1-2H3,(H2,11,13). The molecule has 0 saturated heterocycles. The van der Waals surface area contributed by atoms with Crippen LogP contribution >= 0.6 is 0 Å². The van der Waals surface area contributed by atoms with Gasteiger partial charge in [0, 0.05) is 13.2 Å². The van der Waals surface area contributed by atoms with Crippen LogP contribution in [-0.2, 0) is 4.74 Å². The molecule has 0 radical (unpaired) electrons. The second-order valence-electron chi connectivity index (χ2n) is 3.96. The fourth-order valence-corrected chi connectivity index (χ4v) is 2.14. The van der Waals surface area contributed by atoms with Gasteiger partial charge in [-0.15, -0.1) is 0 Å². The van der Waals surface area contributed by atoms with E-state index >= 15 is 0 Å². The lowest BCUT2D eigenvalue weighted by atomic mass is 10.1. The van der Waals surface area contributed by atoms with Crippen molar-refractivity contribution in [1.82, 2.24) is 5.32 Å². The van der Waals surface area contributed by atoms with E-state index in [2.05, 4.69) is 10.5 Å². The van der Waals surface area contributed by atoms with Gasteiger partial charge in [-0.2, -0.15) is 0 Å². The van der Waals surface area contributed by atoms with Gasteiger partial charge in [0.25, 0.3) is 0 Å². The molecule has 1 aliphatic carbocycles. The first-order chi connectivity index (χ1) is 7.22. The van der Waals surface area contributed by atoms with E-state index in [4.69, 9.17) is 15.7 Å². The SMILES string of the molecule is CCC(NC1CCCC1OC)C(N)=NO. The van der Waals surface area contributed by atoms with Crippen molar-refractivity contribution < 1.29 is 9.94 Å². The number of ether oxygens (including phenoxy) is 1. The lowest BCUT2D eigenvalue weighted by molar-refractivity contribution is 0.0834. The molecule has 1 rings (SSSR count). The first-order valence-electron chi connectivity index (χ1n) is 5.49. The van der Waals surface area contributed by atoms with Crippen LogP contribution in [0.3, 0.4) is 0 Å². The molecule has 5 nitrogen and oxygen atoms in total. The highest BCUT2D eigenvalue weighted by molar-refractivity contribution is 5.85. The van der Waals surface area contributed by atoms with Crippen molar-refractivity contribution in [1.29, 1.82) is 0 Å². The second-order valence-corrected chi connectivity index (χ2v) is 3.96. The Morgan fingerprint density at radius 2 is 2.40 bits per heavy atom. The lowest BCUT2D eigenvalue weighted by Crippen LogP contribution is -2.49. The van der Waals surface area contributed by atoms with Gasteiger partial charge in [0.05, 0.1) is 12.1 Å². The number of hydrogen-bond donors (Lipinski definition) is 3. The highest BCUT2D eigenvalue weighted by Crippen LogP contribution is 2.22. The zero-order valence-corrected chi connectivity index (χ0v) is 9.44. The molecule has 3 unspecified atom stereocenters. The molecule has 15 heavy (non-hydrogen) atoms. The Labute approximate surface area is 90.7 Å². The van der Waals surface area contributed by atoms with Crippen LogP contribution in [0.1, 0.15) is 32.6 Å². The van der Waals surface area contributed by atoms with Gasteiger partial charge in [-0.05, 0) is 25.7 Å². The van der Waals surface area contributed by atoms with Gasteiger partial charge >= 0.3 is 0 Å². The number of amidine groups is 1. The van der Waals surface area contributed by atoms with Crippen LogP contribution in [-0.4, -0.2) is 36.3 Å². The Balaban J connectivity index is 2.51. The minimum atomic E-state index is -0.0595. The number of nitrogens with zero attached hydrogens (tertiary/aromatic N) is 1. The Bertz CT molecular complexity index is 221. The van der Waals surface area contributed by atoms with Gasteiger partial charge in [-0.3, -0.25) is 0 Å². The van der Waals surface area contributed by atoms with Gasteiger partial charge in [-0.25, -0.2) is 0 Å². The van der Waals surface area contributed by atoms with Crippen molar-refractivity contribution in [3.63, 3.8) is 0 Å². The van der Waals surface area contributed by atoms with E-state index in [0.717, 1.165) is 19.3 Å². The third-order valence-corrected chi connectivity index (χ3v) is 3.05. The average molecular weight is 215 g/mol. The zero-order valence-electron chi connectivity index (χ0n) is 9.44. The van der Waals surface area contributed by atoms with Gasteiger partial charge in [0.2, 0.25) is 0 Å². The molecule has 4 N–H and O–H groups in total. The van der Waals surface area contributed by atoms with E-state index < -0.39 is 0 Å². The van der Waals surface area contributed by atoms with Crippen LogP contribution in [0, 0.1) is 0 Å². The Hall–Kier alpha value is -0.810. The van der Waals surface area contributed by atoms with Gasteiger partial charge in [0.15, 0.2) is 5.84 Å². The lowest BCUT2D eigenvalue weighted by Gasteiger charge is -2.24. The summed E-state index contributed by atoms with van der Waals surface area (Å²) in [7, 11) is 1.73. The molecule has 0 aliphatic heterocycles. The highest BCUT2D eigenvalue weighted by atomic mass is 16.5. The number of rotatable bonds is 5. The number of nitrogens with two attached hydrogens (primary N) is 1. The van der Waals surface area contributed by atoms with Crippen molar-refractivity contribution in [3.05, 3.63) is 0 Å². The summed E-state index contributed by atoms with van der Waals surface area (Å²) in [6.07, 6.45) is 4.41. The molecule has 0 aromatic rings. The minimum absolute atomic E-state index is 0.0595. The molecule has 1 aliphatic rings. The summed E-state index contributed by atoms with van der Waals surface area (Å²) < 4.78 is 5.38. The van der Waals surface area contributed by atoms with E-state index in [1.165, 1.54) is 6.42 Å². The van der Waals surface area contributed by atoms with Gasteiger partial charge in [-0.1, -0.05) is 12.1 Å². The first kappa shape index (κ1) is 12.3. The maximum Gasteiger partial charge on any atom is 0.156 e. The molecule has 0 spiro atoms. The smallest absolute Gasteiger partial charge is 0.156 e. The molecular weight excluding hydrogens is 194 g/mol. The van der Waals surface area contributed by atoms with Crippen LogP contribution in [0.15, 0.2) is 5.16 Å². The summed E-state index contributed by atoms with van der Waals surface area (Å²) in [5.41, 5.74) is 5.59. The fraction of sp³-hybridized carbons (Fsp3) is 0.900. The van der Waals surface area contributed by atoms with Crippen LogP contribution in [0.2, 0.25) is 0 Å². The van der Waals surface area contributed by atoms with E-state index in [-0.39, 0.29) is 18.0 Å². The predicted octanol–water partition coefficient (Wildman–Crippen LogP) is 0.669. The topological polar surface area (TPSA) is 79.9 Å². The van der Waals surface area contributed by atoms with Crippen molar-refractivity contribution in [2.24, 2.45) is 10.9 Å². The number of nitrogens with one attached hydrogen (secondary N) is 1. The quantitative estimate of drug-likeness (QED) is 0.272. The number of oxime groups is 1. The maximum absolute atomic E-state index is 8.63. The van der Waals surface area contributed by atoms with Crippen LogP contribution in [0.5, 0.6) is 0 Å². The summed E-state index contributed by atoms with van der Waals surface area (Å²) >= 11 is 0. The summed E-state index contributed by atoms with van der Waals surface area (Å²) in [5, 5.41) is 15.0. The van der Waals surface area contributed by atoms with Crippen LogP contribution in [0.4, 0.5) is 0 Å². The van der Waals surface area contributed by atoms with E-state index in [1.54, 1.807) is 7.11 Å². The van der Waals surface area contributed by atoms with Crippen LogP contribution < -0.4 is 11.1 Å². The summed E-state index contributed by atoms with van der Waals surface area (Å²) in [6.45, 7) is 2.01. The molecule has 88 valence electrons. The molecule has 3 atom stereocenters. The molecule has 1 fully saturated rings. The average Bonchev–Trinajstić information content (AvgIpc) is 2.71. The minimum Gasteiger partial charge on any atom is -0.409 e. The number of methoxy groups -OCH3 is 1. The monoisotopic (exact) mass is 215 g/mol. The Morgan fingerprint density at radius 1 is 1.67 bits per heavy atom. The molecule has 0 aromatic heterocycles. The molecule has 0 heterocycles. The third kappa shape index (κ3) is 3.07. The number of hydrogen-bond acceptors (Lipinski definition) is 4. The summed E-state index contributed by atoms with van der Waals surface area (Å²) in [6, 6.07) is 0.260. The van der Waals surface area contributed by atoms with Crippen molar-refractivity contribution >= 4 is 5.84 Å². The Morgan fingerprint density at radius 3 is 2.93 bits per heavy atom. The van der Waals surface area contributed by atoms with Crippen LogP contribution in [0.25, 0.3) is 0 Å². The third-order valence-electron chi connectivity index (χ3n) is 3.05. The van der Waals surface area contributed by atoms with E-state index in [9.17, 15) is 0 Å². The molecule has 1 saturated carbocycles. The molecule has 0 bridgehead atoms. The fourth-order valence-electron chi connectivity index (χ4n) is 2.14. The predicted molar refractivity (Wildman–Crippen MR) is 59.1 cm³/mol. The molecular formula is C10H21N3O2. The molecule has 5 heteroatoms. The van der Waals surface area contributed by atoms with Gasteiger partial charge in [0.1, 0.15) is 0 Å². The van der Waals surface area contributed by atoms with Crippen molar-refractivity contribution in [3.8, 4) is 0 Å².